The molecule has 100 valence electrons. The van der Waals surface area contributed by atoms with Crippen LogP contribution in [-0.2, 0) is 4.74 Å². The highest BCUT2D eigenvalue weighted by Gasteiger charge is 2.23. The van der Waals surface area contributed by atoms with Crippen LogP contribution < -0.4 is 16.0 Å². The quantitative estimate of drug-likeness (QED) is 0.422. The molecule has 4 heteroatoms. The van der Waals surface area contributed by atoms with Crippen molar-refractivity contribution in [3.63, 3.8) is 0 Å². The molecule has 0 spiro atoms. The molecule has 1 aliphatic carbocycles. The van der Waals surface area contributed by atoms with Gasteiger partial charge >= 0.3 is 0 Å². The molecule has 1 fully saturated rings. The molecule has 0 radical (unpaired) electrons. The van der Waals surface area contributed by atoms with Crippen LogP contribution in [0.4, 0.5) is 0 Å². The number of benzene rings is 1. The van der Waals surface area contributed by atoms with Gasteiger partial charge in [0.2, 0.25) is 0 Å². The molecule has 0 heterocycles. The Bertz CT molecular complexity index is 349. The minimum Gasteiger partial charge on any atom is -0.490 e. The van der Waals surface area contributed by atoms with Crippen LogP contribution in [0.5, 0.6) is 5.75 Å². The molecule has 1 atom stereocenters. The highest BCUT2D eigenvalue weighted by Crippen LogP contribution is 2.28. The molecular formula is C14H22N2O2. The summed E-state index contributed by atoms with van der Waals surface area (Å²) in [6.07, 6.45) is 4.78. The fourth-order valence-electron chi connectivity index (χ4n) is 1.94. The second-order valence-electron chi connectivity index (χ2n) is 4.74. The van der Waals surface area contributed by atoms with Gasteiger partial charge in [-0.15, -0.1) is 0 Å². The maximum atomic E-state index is 5.72. The van der Waals surface area contributed by atoms with E-state index in [2.05, 4.69) is 17.6 Å². The summed E-state index contributed by atoms with van der Waals surface area (Å²) >= 11 is 0. The Morgan fingerprint density at radius 3 is 2.61 bits per heavy atom. The minimum atomic E-state index is 0.176. The first-order valence-corrected chi connectivity index (χ1v) is 6.55. The van der Waals surface area contributed by atoms with Gasteiger partial charge in [0.25, 0.3) is 0 Å². The van der Waals surface area contributed by atoms with Crippen LogP contribution in [0.1, 0.15) is 37.3 Å². The summed E-state index contributed by atoms with van der Waals surface area (Å²) < 4.78 is 10.8. The SMILES string of the molecule is COCCCC(NN)c1ccc(OC2CC2)cc1. The number of hydrazine groups is 1. The van der Waals surface area contributed by atoms with Gasteiger partial charge in [-0.2, -0.15) is 0 Å². The van der Waals surface area contributed by atoms with Crippen molar-refractivity contribution < 1.29 is 9.47 Å². The van der Waals surface area contributed by atoms with Crippen molar-refractivity contribution in [1.29, 1.82) is 0 Å². The average molecular weight is 250 g/mol. The standard InChI is InChI=1S/C14H22N2O2/c1-17-10-2-3-14(16-15)11-4-6-12(7-5-11)18-13-8-9-13/h4-7,13-14,16H,2-3,8-10,15H2,1H3. The molecule has 0 saturated heterocycles. The first-order valence-electron chi connectivity index (χ1n) is 6.55. The van der Waals surface area contributed by atoms with Crippen LogP contribution in [0.3, 0.4) is 0 Å². The summed E-state index contributed by atoms with van der Waals surface area (Å²) in [6.45, 7) is 0.765. The predicted molar refractivity (Wildman–Crippen MR) is 71.3 cm³/mol. The van der Waals surface area contributed by atoms with Crippen molar-refractivity contribution >= 4 is 0 Å². The lowest BCUT2D eigenvalue weighted by Gasteiger charge is -2.16. The van der Waals surface area contributed by atoms with E-state index in [0.29, 0.717) is 6.10 Å². The molecule has 0 aliphatic heterocycles. The predicted octanol–water partition coefficient (Wildman–Crippen LogP) is 2.16. The van der Waals surface area contributed by atoms with Gasteiger partial charge in [0.1, 0.15) is 5.75 Å². The monoisotopic (exact) mass is 250 g/mol. The van der Waals surface area contributed by atoms with E-state index < -0.39 is 0 Å². The van der Waals surface area contributed by atoms with E-state index in [-0.39, 0.29) is 6.04 Å². The zero-order valence-electron chi connectivity index (χ0n) is 10.9. The van der Waals surface area contributed by atoms with E-state index in [4.69, 9.17) is 15.3 Å². The Morgan fingerprint density at radius 2 is 2.06 bits per heavy atom. The number of ether oxygens (including phenoxy) is 2. The van der Waals surface area contributed by atoms with E-state index in [1.165, 1.54) is 18.4 Å². The topological polar surface area (TPSA) is 56.5 Å². The smallest absolute Gasteiger partial charge is 0.119 e. The molecule has 0 bridgehead atoms. The summed E-state index contributed by atoms with van der Waals surface area (Å²) in [5.41, 5.74) is 4.04. The maximum absolute atomic E-state index is 5.72. The molecule has 3 N–H and O–H groups in total. The normalized spacial score (nSPS) is 16.6. The van der Waals surface area contributed by atoms with Crippen LogP contribution in [0.2, 0.25) is 0 Å². The second-order valence-corrected chi connectivity index (χ2v) is 4.74. The zero-order chi connectivity index (χ0) is 12.8. The molecule has 4 nitrogen and oxygen atoms in total. The van der Waals surface area contributed by atoms with Crippen LogP contribution in [0.25, 0.3) is 0 Å². The number of methoxy groups -OCH3 is 1. The van der Waals surface area contributed by atoms with Gasteiger partial charge in [0, 0.05) is 19.8 Å². The largest absolute Gasteiger partial charge is 0.490 e. The Labute approximate surface area is 108 Å². The number of nitrogens with one attached hydrogen (secondary N) is 1. The number of rotatable bonds is 8. The zero-order valence-corrected chi connectivity index (χ0v) is 10.9. The summed E-state index contributed by atoms with van der Waals surface area (Å²) in [5, 5.41) is 0. The summed E-state index contributed by atoms with van der Waals surface area (Å²) in [4.78, 5) is 0. The summed E-state index contributed by atoms with van der Waals surface area (Å²) in [6, 6.07) is 8.38. The molecular weight excluding hydrogens is 228 g/mol. The average Bonchev–Trinajstić information content (AvgIpc) is 3.20. The lowest BCUT2D eigenvalue weighted by Crippen LogP contribution is -2.28. The Kier molecular flexibility index (Phi) is 4.99. The number of hydrogen-bond donors (Lipinski definition) is 2. The fraction of sp³-hybridized carbons (Fsp3) is 0.571. The van der Waals surface area contributed by atoms with Crippen LogP contribution in [0.15, 0.2) is 24.3 Å². The van der Waals surface area contributed by atoms with Crippen LogP contribution in [-0.4, -0.2) is 19.8 Å². The number of hydrogen-bond acceptors (Lipinski definition) is 4. The molecule has 2 rings (SSSR count). The van der Waals surface area contributed by atoms with Crippen molar-refractivity contribution in [2.45, 2.75) is 37.8 Å². The molecule has 1 aliphatic rings. The fourth-order valence-corrected chi connectivity index (χ4v) is 1.94. The maximum Gasteiger partial charge on any atom is 0.119 e. The highest BCUT2D eigenvalue weighted by atomic mass is 16.5. The molecule has 0 aromatic heterocycles. The van der Waals surface area contributed by atoms with Gasteiger partial charge < -0.3 is 9.47 Å². The van der Waals surface area contributed by atoms with E-state index in [9.17, 15) is 0 Å². The molecule has 0 amide bonds. The Balaban J connectivity index is 1.88. The van der Waals surface area contributed by atoms with E-state index in [1.54, 1.807) is 7.11 Å². The summed E-state index contributed by atoms with van der Waals surface area (Å²) in [7, 11) is 1.72. The first kappa shape index (κ1) is 13.3. The van der Waals surface area contributed by atoms with Gasteiger partial charge in [-0.05, 0) is 43.4 Å². The van der Waals surface area contributed by atoms with E-state index in [0.717, 1.165) is 25.2 Å². The van der Waals surface area contributed by atoms with Crippen molar-refractivity contribution in [1.82, 2.24) is 5.43 Å². The van der Waals surface area contributed by atoms with Gasteiger partial charge in [0.15, 0.2) is 0 Å². The molecule has 1 unspecified atom stereocenters. The third-order valence-electron chi connectivity index (χ3n) is 3.15. The van der Waals surface area contributed by atoms with Gasteiger partial charge in [0.05, 0.1) is 6.10 Å². The van der Waals surface area contributed by atoms with E-state index in [1.807, 2.05) is 12.1 Å². The first-order chi connectivity index (χ1) is 8.83. The van der Waals surface area contributed by atoms with Crippen molar-refractivity contribution in [3.8, 4) is 5.75 Å². The molecule has 18 heavy (non-hydrogen) atoms. The molecule has 1 aromatic rings. The third-order valence-corrected chi connectivity index (χ3v) is 3.15. The van der Waals surface area contributed by atoms with Crippen molar-refractivity contribution in [2.24, 2.45) is 5.84 Å². The van der Waals surface area contributed by atoms with Gasteiger partial charge in [-0.25, -0.2) is 0 Å². The minimum absolute atomic E-state index is 0.176. The lowest BCUT2D eigenvalue weighted by atomic mass is 10.0. The van der Waals surface area contributed by atoms with Crippen molar-refractivity contribution in [2.75, 3.05) is 13.7 Å². The van der Waals surface area contributed by atoms with Crippen LogP contribution in [0, 0.1) is 0 Å². The number of nitrogens with two attached hydrogens (primary N) is 1. The van der Waals surface area contributed by atoms with Crippen LogP contribution >= 0.6 is 0 Å². The Hall–Kier alpha value is -1.10. The van der Waals surface area contributed by atoms with Gasteiger partial charge in [-0.1, -0.05) is 12.1 Å². The highest BCUT2D eigenvalue weighted by molar-refractivity contribution is 5.29. The van der Waals surface area contributed by atoms with Crippen molar-refractivity contribution in [3.05, 3.63) is 29.8 Å². The third kappa shape index (κ3) is 3.98. The Morgan fingerprint density at radius 1 is 1.33 bits per heavy atom. The lowest BCUT2D eigenvalue weighted by molar-refractivity contribution is 0.189. The molecule has 1 aromatic carbocycles. The molecule has 1 saturated carbocycles. The summed E-state index contributed by atoms with van der Waals surface area (Å²) in [5.74, 6) is 6.55. The second kappa shape index (κ2) is 6.73. The van der Waals surface area contributed by atoms with Gasteiger partial charge in [-0.3, -0.25) is 11.3 Å². The van der Waals surface area contributed by atoms with E-state index >= 15 is 0 Å².